The van der Waals surface area contributed by atoms with Crippen molar-refractivity contribution >= 4 is 23.1 Å². The molecule has 1 saturated heterocycles. The average molecular weight is 450 g/mol. The number of carbonyl (C=O) groups is 2. The smallest absolute Gasteiger partial charge is 0.277 e. The number of anilines is 1. The first-order valence-corrected chi connectivity index (χ1v) is 11.3. The second kappa shape index (κ2) is 9.67. The van der Waals surface area contributed by atoms with Crippen LogP contribution in [0.3, 0.4) is 0 Å². The van der Waals surface area contributed by atoms with E-state index in [1.165, 1.54) is 21.7 Å². The van der Waals surface area contributed by atoms with Crippen LogP contribution >= 0.6 is 0 Å². The highest BCUT2D eigenvalue weighted by Crippen LogP contribution is 2.33. The van der Waals surface area contributed by atoms with Crippen LogP contribution in [0.1, 0.15) is 16.7 Å². The predicted octanol–water partition coefficient (Wildman–Crippen LogP) is 2.86. The number of amides is 2. The molecule has 33 heavy (non-hydrogen) atoms. The van der Waals surface area contributed by atoms with E-state index in [0.717, 1.165) is 18.7 Å². The van der Waals surface area contributed by atoms with E-state index in [1.807, 2.05) is 24.3 Å². The van der Waals surface area contributed by atoms with Gasteiger partial charge in [0.25, 0.3) is 11.8 Å². The van der Waals surface area contributed by atoms with Crippen LogP contribution in [0.25, 0.3) is 5.57 Å². The SMILES string of the molecule is COCCN1C(=O)C(c2ccc(OC)cc2)=C(N2CCN(c3cccc(C)c3C)CC2)C1=O. The summed E-state index contributed by atoms with van der Waals surface area (Å²) in [6.07, 6.45) is 0. The van der Waals surface area contributed by atoms with Crippen LogP contribution in [-0.4, -0.2) is 75.2 Å². The van der Waals surface area contributed by atoms with E-state index in [1.54, 1.807) is 14.2 Å². The van der Waals surface area contributed by atoms with E-state index in [4.69, 9.17) is 9.47 Å². The van der Waals surface area contributed by atoms with E-state index in [2.05, 4.69) is 41.8 Å². The van der Waals surface area contributed by atoms with Gasteiger partial charge in [-0.3, -0.25) is 14.5 Å². The second-order valence-electron chi connectivity index (χ2n) is 8.40. The Labute approximate surface area is 195 Å². The Hall–Kier alpha value is -3.32. The molecule has 0 aliphatic carbocycles. The number of aryl methyl sites for hydroxylation is 1. The molecule has 0 aromatic heterocycles. The standard InChI is InChI=1S/C26H31N3O4/c1-18-6-5-7-22(19(18)2)27-12-14-28(15-13-27)24-23(20-8-10-21(33-4)11-9-20)25(30)29(26(24)31)16-17-32-3/h5-11H,12-17H2,1-4H3. The van der Waals surface area contributed by atoms with Gasteiger partial charge in [0.1, 0.15) is 11.4 Å². The third-order valence-corrected chi connectivity index (χ3v) is 6.55. The Morgan fingerprint density at radius 3 is 2.15 bits per heavy atom. The lowest BCUT2D eigenvalue weighted by molar-refractivity contribution is -0.138. The van der Waals surface area contributed by atoms with E-state index < -0.39 is 0 Å². The minimum Gasteiger partial charge on any atom is -0.497 e. The molecule has 2 amide bonds. The minimum absolute atomic E-state index is 0.236. The molecule has 4 rings (SSSR count). The molecule has 0 unspecified atom stereocenters. The molecule has 0 radical (unpaired) electrons. The molecule has 2 aromatic carbocycles. The van der Waals surface area contributed by atoms with E-state index >= 15 is 0 Å². The number of benzene rings is 2. The molecule has 7 heteroatoms. The van der Waals surface area contributed by atoms with Gasteiger partial charge in [-0.2, -0.15) is 0 Å². The number of hydrogen-bond acceptors (Lipinski definition) is 6. The van der Waals surface area contributed by atoms with Gasteiger partial charge in [-0.25, -0.2) is 0 Å². The lowest BCUT2D eigenvalue weighted by Crippen LogP contribution is -2.48. The maximum atomic E-state index is 13.4. The third-order valence-electron chi connectivity index (χ3n) is 6.55. The van der Waals surface area contributed by atoms with Gasteiger partial charge in [-0.15, -0.1) is 0 Å². The zero-order valence-corrected chi connectivity index (χ0v) is 19.8. The summed E-state index contributed by atoms with van der Waals surface area (Å²) in [4.78, 5) is 32.4. The molecule has 0 bridgehead atoms. The zero-order valence-electron chi connectivity index (χ0n) is 19.8. The molecule has 1 fully saturated rings. The first-order valence-electron chi connectivity index (χ1n) is 11.3. The molecule has 2 aliphatic heterocycles. The molecule has 0 atom stereocenters. The van der Waals surface area contributed by atoms with Crippen molar-refractivity contribution in [1.82, 2.24) is 9.80 Å². The summed E-state index contributed by atoms with van der Waals surface area (Å²) in [5.41, 5.74) is 5.45. The number of piperazine rings is 1. The number of hydrogen-bond donors (Lipinski definition) is 0. The number of ether oxygens (including phenoxy) is 2. The summed E-state index contributed by atoms with van der Waals surface area (Å²) in [6, 6.07) is 13.7. The van der Waals surface area contributed by atoms with Gasteiger partial charge in [0.15, 0.2) is 0 Å². The lowest BCUT2D eigenvalue weighted by atomic mass is 10.0. The van der Waals surface area contributed by atoms with Crippen molar-refractivity contribution < 1.29 is 19.1 Å². The maximum absolute atomic E-state index is 13.4. The molecule has 0 saturated carbocycles. The van der Waals surface area contributed by atoms with Crippen molar-refractivity contribution in [3.8, 4) is 5.75 Å². The Morgan fingerprint density at radius 2 is 1.52 bits per heavy atom. The fourth-order valence-electron chi connectivity index (χ4n) is 4.51. The summed E-state index contributed by atoms with van der Waals surface area (Å²) >= 11 is 0. The largest absolute Gasteiger partial charge is 0.497 e. The topological polar surface area (TPSA) is 62.3 Å². The summed E-state index contributed by atoms with van der Waals surface area (Å²) in [7, 11) is 3.17. The van der Waals surface area contributed by atoms with Gasteiger partial charge in [-0.1, -0.05) is 24.3 Å². The molecular formula is C26H31N3O4. The third kappa shape index (κ3) is 4.33. The zero-order chi connectivity index (χ0) is 23.5. The van der Waals surface area contributed by atoms with Gasteiger partial charge in [-0.05, 0) is 48.7 Å². The first-order chi connectivity index (χ1) is 16.0. The Kier molecular flexibility index (Phi) is 6.70. The number of imide groups is 1. The van der Waals surface area contributed by atoms with Crippen molar-refractivity contribution in [2.24, 2.45) is 0 Å². The summed E-state index contributed by atoms with van der Waals surface area (Å²) in [5, 5.41) is 0. The van der Waals surface area contributed by atoms with Crippen LogP contribution < -0.4 is 9.64 Å². The number of carbonyl (C=O) groups excluding carboxylic acids is 2. The number of nitrogens with zero attached hydrogens (tertiary/aromatic N) is 3. The molecule has 2 heterocycles. The monoisotopic (exact) mass is 449 g/mol. The quantitative estimate of drug-likeness (QED) is 0.606. The summed E-state index contributed by atoms with van der Waals surface area (Å²) < 4.78 is 10.4. The van der Waals surface area contributed by atoms with E-state index in [0.29, 0.717) is 36.7 Å². The summed E-state index contributed by atoms with van der Waals surface area (Å²) in [5.74, 6) is 0.188. The van der Waals surface area contributed by atoms with Crippen molar-refractivity contribution in [2.45, 2.75) is 13.8 Å². The molecule has 2 aliphatic rings. The van der Waals surface area contributed by atoms with Crippen LogP contribution in [0.2, 0.25) is 0 Å². The van der Waals surface area contributed by atoms with Gasteiger partial charge in [0, 0.05) is 39.0 Å². The number of methoxy groups -OCH3 is 2. The summed E-state index contributed by atoms with van der Waals surface area (Å²) in [6.45, 7) is 7.71. The van der Waals surface area contributed by atoms with Crippen molar-refractivity contribution in [3.63, 3.8) is 0 Å². The molecule has 174 valence electrons. The average Bonchev–Trinajstić information content (AvgIpc) is 3.09. The van der Waals surface area contributed by atoms with Crippen molar-refractivity contribution in [1.29, 1.82) is 0 Å². The van der Waals surface area contributed by atoms with Gasteiger partial charge < -0.3 is 19.3 Å². The lowest BCUT2D eigenvalue weighted by Gasteiger charge is -2.38. The Balaban J connectivity index is 1.63. The van der Waals surface area contributed by atoms with Crippen LogP contribution in [0.15, 0.2) is 48.2 Å². The van der Waals surface area contributed by atoms with Crippen molar-refractivity contribution in [3.05, 3.63) is 64.9 Å². The first kappa shape index (κ1) is 22.9. The van der Waals surface area contributed by atoms with Crippen molar-refractivity contribution in [2.75, 3.05) is 58.5 Å². The highest BCUT2D eigenvalue weighted by molar-refractivity contribution is 6.35. The Morgan fingerprint density at radius 1 is 0.848 bits per heavy atom. The molecular weight excluding hydrogens is 418 g/mol. The minimum atomic E-state index is -0.269. The van der Waals surface area contributed by atoms with Crippen LogP contribution in [-0.2, 0) is 14.3 Å². The predicted molar refractivity (Wildman–Crippen MR) is 128 cm³/mol. The Bertz CT molecular complexity index is 1070. The van der Waals surface area contributed by atoms with Gasteiger partial charge in [0.2, 0.25) is 0 Å². The van der Waals surface area contributed by atoms with Gasteiger partial charge >= 0.3 is 0 Å². The van der Waals surface area contributed by atoms with Crippen LogP contribution in [0, 0.1) is 13.8 Å². The van der Waals surface area contributed by atoms with Crippen LogP contribution in [0.4, 0.5) is 5.69 Å². The normalized spacial score (nSPS) is 16.8. The highest BCUT2D eigenvalue weighted by Gasteiger charge is 2.42. The number of rotatable bonds is 7. The van der Waals surface area contributed by atoms with E-state index in [-0.39, 0.29) is 18.4 Å². The molecule has 0 spiro atoms. The molecule has 2 aromatic rings. The van der Waals surface area contributed by atoms with Gasteiger partial charge in [0.05, 0.1) is 25.8 Å². The van der Waals surface area contributed by atoms with E-state index in [9.17, 15) is 9.59 Å². The fraction of sp³-hybridized carbons (Fsp3) is 0.385. The molecule has 0 N–H and O–H groups in total. The maximum Gasteiger partial charge on any atom is 0.277 e. The molecule has 7 nitrogen and oxygen atoms in total. The second-order valence-corrected chi connectivity index (χ2v) is 8.40. The highest BCUT2D eigenvalue weighted by atomic mass is 16.5. The fourth-order valence-corrected chi connectivity index (χ4v) is 4.51. The van der Waals surface area contributed by atoms with Crippen LogP contribution in [0.5, 0.6) is 5.75 Å².